The number of hydrogen-bond acceptors (Lipinski definition) is 3. The van der Waals surface area contributed by atoms with Gasteiger partial charge in [-0.2, -0.15) is 0 Å². The van der Waals surface area contributed by atoms with E-state index in [-0.39, 0.29) is 11.8 Å². The smallest absolute Gasteiger partial charge is 0.245 e. The van der Waals surface area contributed by atoms with Crippen LogP contribution >= 0.6 is 0 Å². The average Bonchev–Trinajstić information content (AvgIpc) is 2.61. The Balaban J connectivity index is 1.48. The normalized spacial score (nSPS) is 21.7. The first kappa shape index (κ1) is 17.0. The van der Waals surface area contributed by atoms with Gasteiger partial charge >= 0.3 is 0 Å². The molecule has 5 heteroatoms. The first-order valence-corrected chi connectivity index (χ1v) is 8.86. The summed E-state index contributed by atoms with van der Waals surface area (Å²) < 4.78 is 5.26. The summed E-state index contributed by atoms with van der Waals surface area (Å²) in [5.74, 6) is 0.333. The minimum Gasteiger partial charge on any atom is -0.378 e. The number of nitrogens with one attached hydrogen (secondary N) is 1. The van der Waals surface area contributed by atoms with Crippen LogP contribution in [0.2, 0.25) is 0 Å². The van der Waals surface area contributed by atoms with Crippen LogP contribution in [0.15, 0.2) is 24.3 Å². The number of nitrogens with zero attached hydrogens (tertiary/aromatic N) is 1. The molecule has 2 aliphatic rings. The number of carbonyl (C=O) groups is 2. The zero-order valence-electron chi connectivity index (χ0n) is 14.3. The molecule has 130 valence electrons. The molecule has 1 aromatic carbocycles. The highest BCUT2D eigenvalue weighted by Gasteiger charge is 2.25. The van der Waals surface area contributed by atoms with Gasteiger partial charge in [0.15, 0.2) is 0 Å². The lowest BCUT2D eigenvalue weighted by Gasteiger charge is -2.30. The van der Waals surface area contributed by atoms with Crippen LogP contribution in [0.25, 0.3) is 0 Å². The minimum atomic E-state index is -0.466. The van der Waals surface area contributed by atoms with E-state index >= 15 is 0 Å². The second-order valence-electron chi connectivity index (χ2n) is 6.81. The van der Waals surface area contributed by atoms with Crippen LogP contribution in [0, 0.1) is 5.92 Å². The predicted octanol–water partition coefficient (Wildman–Crippen LogP) is 1.55. The van der Waals surface area contributed by atoms with Gasteiger partial charge in [-0.15, -0.1) is 0 Å². The summed E-state index contributed by atoms with van der Waals surface area (Å²) in [5.41, 5.74) is 2.77. The third kappa shape index (κ3) is 4.15. The van der Waals surface area contributed by atoms with Crippen LogP contribution in [-0.4, -0.2) is 49.1 Å². The molecule has 0 saturated carbocycles. The summed E-state index contributed by atoms with van der Waals surface area (Å²) in [4.78, 5) is 26.4. The Morgan fingerprint density at radius 1 is 1.25 bits per heavy atom. The van der Waals surface area contributed by atoms with E-state index in [0.29, 0.717) is 38.6 Å². The molecule has 2 atom stereocenters. The van der Waals surface area contributed by atoms with Crippen molar-refractivity contribution in [2.45, 2.75) is 38.6 Å². The zero-order chi connectivity index (χ0) is 16.9. The number of carbonyl (C=O) groups excluding carboxylic acids is 2. The van der Waals surface area contributed by atoms with Crippen molar-refractivity contribution in [1.29, 1.82) is 0 Å². The lowest BCUT2D eigenvalue weighted by Crippen LogP contribution is -2.50. The molecule has 0 bridgehead atoms. The molecule has 0 unspecified atom stereocenters. The molecule has 1 heterocycles. The van der Waals surface area contributed by atoms with Crippen molar-refractivity contribution >= 4 is 11.8 Å². The van der Waals surface area contributed by atoms with E-state index in [2.05, 4.69) is 29.6 Å². The molecule has 1 saturated heterocycles. The first-order valence-electron chi connectivity index (χ1n) is 8.86. The fraction of sp³-hybridized carbons (Fsp3) is 0.579. The monoisotopic (exact) mass is 330 g/mol. The van der Waals surface area contributed by atoms with Crippen LogP contribution in [0.1, 0.15) is 30.9 Å². The third-order valence-electron chi connectivity index (χ3n) is 4.99. The van der Waals surface area contributed by atoms with Gasteiger partial charge in [-0.3, -0.25) is 9.59 Å². The van der Waals surface area contributed by atoms with Gasteiger partial charge in [-0.25, -0.2) is 0 Å². The minimum absolute atomic E-state index is 0.0133. The number of ether oxygens (including phenoxy) is 1. The maximum Gasteiger partial charge on any atom is 0.245 e. The van der Waals surface area contributed by atoms with E-state index in [1.807, 2.05) is 0 Å². The van der Waals surface area contributed by atoms with Gasteiger partial charge in [0.05, 0.1) is 13.2 Å². The molecule has 2 amide bonds. The number of rotatable bonds is 4. The molecule has 1 aromatic rings. The van der Waals surface area contributed by atoms with Gasteiger partial charge in [0, 0.05) is 19.5 Å². The largest absolute Gasteiger partial charge is 0.378 e. The zero-order valence-corrected chi connectivity index (χ0v) is 14.3. The Morgan fingerprint density at radius 2 is 1.96 bits per heavy atom. The maximum absolute atomic E-state index is 12.3. The standard InChI is InChI=1S/C19H26N2O3/c1-14(19(23)21-8-10-24-11-9-21)20-18(22)13-15-6-7-16-4-2-3-5-17(16)12-15/h2-5,14-15H,6-13H2,1H3,(H,20,22)/t14-,15-/m0/s1. The first-order chi connectivity index (χ1) is 11.6. The summed E-state index contributed by atoms with van der Waals surface area (Å²) >= 11 is 0. The van der Waals surface area contributed by atoms with E-state index < -0.39 is 6.04 Å². The SMILES string of the molecule is C[C@H](NC(=O)C[C@H]1CCc2ccccc2C1)C(=O)N1CCOCC1. The summed E-state index contributed by atoms with van der Waals surface area (Å²) in [7, 11) is 0. The van der Waals surface area contributed by atoms with Crippen molar-refractivity contribution in [1.82, 2.24) is 10.2 Å². The molecule has 0 radical (unpaired) electrons. The number of hydrogen-bond donors (Lipinski definition) is 1. The van der Waals surface area contributed by atoms with Gasteiger partial charge in [0.25, 0.3) is 0 Å². The highest BCUT2D eigenvalue weighted by atomic mass is 16.5. The Bertz CT molecular complexity index is 596. The lowest BCUT2D eigenvalue weighted by atomic mass is 9.82. The van der Waals surface area contributed by atoms with E-state index in [0.717, 1.165) is 19.3 Å². The molecule has 1 fully saturated rings. The van der Waals surface area contributed by atoms with Gasteiger partial charge in [0.2, 0.25) is 11.8 Å². The molecule has 1 aliphatic heterocycles. The Kier molecular flexibility index (Phi) is 5.51. The number of morpholine rings is 1. The third-order valence-corrected chi connectivity index (χ3v) is 4.99. The van der Waals surface area contributed by atoms with Crippen LogP contribution in [-0.2, 0) is 27.2 Å². The van der Waals surface area contributed by atoms with Gasteiger partial charge in [0.1, 0.15) is 6.04 Å². The molecule has 3 rings (SSSR count). The Morgan fingerprint density at radius 3 is 2.71 bits per heavy atom. The molecule has 1 N–H and O–H groups in total. The summed E-state index contributed by atoms with van der Waals surface area (Å²) in [5, 5.41) is 2.88. The number of amides is 2. The topological polar surface area (TPSA) is 58.6 Å². The molecule has 24 heavy (non-hydrogen) atoms. The quantitative estimate of drug-likeness (QED) is 0.911. The Labute approximate surface area is 143 Å². The summed E-state index contributed by atoms with van der Waals surface area (Å²) in [6.45, 7) is 4.14. The van der Waals surface area contributed by atoms with E-state index in [4.69, 9.17) is 4.74 Å². The van der Waals surface area contributed by atoms with E-state index in [1.165, 1.54) is 11.1 Å². The van der Waals surface area contributed by atoms with Crippen molar-refractivity contribution in [3.8, 4) is 0 Å². The second-order valence-corrected chi connectivity index (χ2v) is 6.81. The molecule has 0 aromatic heterocycles. The van der Waals surface area contributed by atoms with Gasteiger partial charge in [-0.1, -0.05) is 24.3 Å². The van der Waals surface area contributed by atoms with Crippen LogP contribution < -0.4 is 5.32 Å². The van der Waals surface area contributed by atoms with E-state index in [9.17, 15) is 9.59 Å². The van der Waals surface area contributed by atoms with Crippen molar-refractivity contribution in [3.05, 3.63) is 35.4 Å². The van der Waals surface area contributed by atoms with E-state index in [1.54, 1.807) is 11.8 Å². The molecule has 5 nitrogen and oxygen atoms in total. The van der Waals surface area contributed by atoms with Crippen LogP contribution in [0.4, 0.5) is 0 Å². The van der Waals surface area contributed by atoms with Crippen LogP contribution in [0.3, 0.4) is 0 Å². The molecular weight excluding hydrogens is 304 g/mol. The van der Waals surface area contributed by atoms with Crippen molar-refractivity contribution in [3.63, 3.8) is 0 Å². The highest BCUT2D eigenvalue weighted by Crippen LogP contribution is 2.27. The molecule has 1 aliphatic carbocycles. The van der Waals surface area contributed by atoms with Crippen molar-refractivity contribution in [2.75, 3.05) is 26.3 Å². The number of benzene rings is 1. The highest BCUT2D eigenvalue weighted by molar-refractivity contribution is 5.87. The van der Waals surface area contributed by atoms with Crippen molar-refractivity contribution < 1.29 is 14.3 Å². The summed E-state index contributed by atoms with van der Waals surface area (Å²) in [6.07, 6.45) is 3.52. The number of aryl methyl sites for hydroxylation is 1. The second kappa shape index (κ2) is 7.79. The van der Waals surface area contributed by atoms with Gasteiger partial charge in [-0.05, 0) is 43.2 Å². The summed E-state index contributed by atoms with van der Waals surface area (Å²) in [6, 6.07) is 8.00. The molecular formula is C19H26N2O3. The Hall–Kier alpha value is -1.88. The number of fused-ring (bicyclic) bond motifs is 1. The predicted molar refractivity (Wildman–Crippen MR) is 91.6 cm³/mol. The van der Waals surface area contributed by atoms with Gasteiger partial charge < -0.3 is 15.0 Å². The fourth-order valence-electron chi connectivity index (χ4n) is 3.63. The maximum atomic E-state index is 12.3. The van der Waals surface area contributed by atoms with Crippen LogP contribution in [0.5, 0.6) is 0 Å². The fourth-order valence-corrected chi connectivity index (χ4v) is 3.63. The van der Waals surface area contributed by atoms with Crippen molar-refractivity contribution in [2.24, 2.45) is 5.92 Å². The average molecular weight is 330 g/mol. The lowest BCUT2D eigenvalue weighted by molar-refractivity contribution is -0.139. The molecule has 0 spiro atoms.